The largest absolute Gasteiger partial charge is 0.312 e. The maximum Gasteiger partial charge on any atom is 0.227 e. The first-order valence-electron chi connectivity index (χ1n) is 5.59. The molecule has 0 radical (unpaired) electrons. The van der Waals surface area contributed by atoms with Crippen LogP contribution in [0.3, 0.4) is 0 Å². The van der Waals surface area contributed by atoms with Crippen LogP contribution >= 0.6 is 0 Å². The number of carbonyl (C=O) groups is 1. The van der Waals surface area contributed by atoms with E-state index < -0.39 is 0 Å². The highest BCUT2D eigenvalue weighted by molar-refractivity contribution is 5.96. The number of nitriles is 1. The quantitative estimate of drug-likeness (QED) is 0.727. The van der Waals surface area contributed by atoms with Crippen LogP contribution in [0.5, 0.6) is 0 Å². The van der Waals surface area contributed by atoms with Crippen molar-refractivity contribution in [3.63, 3.8) is 0 Å². The van der Waals surface area contributed by atoms with Crippen molar-refractivity contribution in [1.29, 1.82) is 5.26 Å². The topological polar surface area (TPSA) is 44.1 Å². The molecule has 0 aromatic heterocycles. The van der Waals surface area contributed by atoms with Gasteiger partial charge in [-0.25, -0.2) is 0 Å². The van der Waals surface area contributed by atoms with Crippen molar-refractivity contribution in [2.75, 3.05) is 11.4 Å². The Morgan fingerprint density at radius 2 is 2.35 bits per heavy atom. The van der Waals surface area contributed by atoms with Gasteiger partial charge in [-0.2, -0.15) is 5.26 Å². The van der Waals surface area contributed by atoms with Crippen LogP contribution in [0.1, 0.15) is 17.5 Å². The number of nitrogens with zero attached hydrogens (tertiary/aromatic N) is 2. The zero-order valence-corrected chi connectivity index (χ0v) is 9.81. The van der Waals surface area contributed by atoms with Gasteiger partial charge in [0.1, 0.15) is 0 Å². The normalized spacial score (nSPS) is 19.2. The molecular weight excluding hydrogens is 212 g/mol. The Labute approximate surface area is 101 Å². The second-order valence-electron chi connectivity index (χ2n) is 4.32. The number of benzene rings is 1. The molecule has 1 heterocycles. The molecular formula is C14H14N2O. The van der Waals surface area contributed by atoms with Gasteiger partial charge >= 0.3 is 0 Å². The van der Waals surface area contributed by atoms with Gasteiger partial charge in [0.15, 0.2) is 0 Å². The number of rotatable bonds is 2. The molecule has 3 nitrogen and oxygen atoms in total. The fourth-order valence-corrected chi connectivity index (χ4v) is 2.04. The molecule has 1 unspecified atom stereocenters. The fourth-order valence-electron chi connectivity index (χ4n) is 2.04. The number of aryl methyl sites for hydroxylation is 1. The Morgan fingerprint density at radius 1 is 1.59 bits per heavy atom. The molecule has 0 N–H and O–H groups in total. The van der Waals surface area contributed by atoms with Crippen molar-refractivity contribution in [2.45, 2.75) is 13.3 Å². The minimum Gasteiger partial charge on any atom is -0.312 e. The van der Waals surface area contributed by atoms with Crippen LogP contribution in [0.15, 0.2) is 30.9 Å². The molecule has 1 atom stereocenters. The van der Waals surface area contributed by atoms with Crippen LogP contribution in [0.2, 0.25) is 0 Å². The summed E-state index contributed by atoms with van der Waals surface area (Å²) in [5.74, 6) is 0.317. The van der Waals surface area contributed by atoms with Gasteiger partial charge in [-0.1, -0.05) is 12.1 Å². The van der Waals surface area contributed by atoms with E-state index in [1.54, 1.807) is 11.0 Å². The summed E-state index contributed by atoms with van der Waals surface area (Å²) in [6.45, 7) is 6.27. The Morgan fingerprint density at radius 3 is 2.94 bits per heavy atom. The van der Waals surface area contributed by atoms with E-state index in [1.165, 1.54) is 0 Å². The highest BCUT2D eigenvalue weighted by Gasteiger charge is 2.28. The zero-order chi connectivity index (χ0) is 12.4. The lowest BCUT2D eigenvalue weighted by Gasteiger charge is -2.16. The second-order valence-corrected chi connectivity index (χ2v) is 4.32. The number of hydrogen-bond donors (Lipinski definition) is 0. The fraction of sp³-hybridized carbons (Fsp3) is 0.286. The van der Waals surface area contributed by atoms with Crippen molar-refractivity contribution in [3.05, 3.63) is 42.0 Å². The Hall–Kier alpha value is -2.08. The van der Waals surface area contributed by atoms with E-state index in [0.29, 0.717) is 18.5 Å². The summed E-state index contributed by atoms with van der Waals surface area (Å²) in [5, 5.41) is 8.98. The molecule has 1 aromatic carbocycles. The van der Waals surface area contributed by atoms with Crippen LogP contribution in [0.25, 0.3) is 0 Å². The molecule has 0 saturated carbocycles. The lowest BCUT2D eigenvalue weighted by Crippen LogP contribution is -2.24. The minimum atomic E-state index is 0.0997. The summed E-state index contributed by atoms with van der Waals surface area (Å²) in [5.41, 5.74) is 2.36. The molecule has 3 heteroatoms. The molecule has 1 aliphatic heterocycles. The van der Waals surface area contributed by atoms with Gasteiger partial charge in [0.2, 0.25) is 5.91 Å². The smallest absolute Gasteiger partial charge is 0.227 e. The van der Waals surface area contributed by atoms with E-state index >= 15 is 0 Å². The van der Waals surface area contributed by atoms with Gasteiger partial charge in [0.05, 0.1) is 11.6 Å². The van der Waals surface area contributed by atoms with E-state index in [2.05, 4.69) is 12.6 Å². The van der Waals surface area contributed by atoms with E-state index in [0.717, 1.165) is 11.3 Å². The van der Waals surface area contributed by atoms with Crippen molar-refractivity contribution in [1.82, 2.24) is 0 Å². The van der Waals surface area contributed by atoms with Crippen LogP contribution in [0.4, 0.5) is 5.69 Å². The summed E-state index contributed by atoms with van der Waals surface area (Å²) >= 11 is 0. The van der Waals surface area contributed by atoms with Crippen molar-refractivity contribution >= 4 is 11.6 Å². The van der Waals surface area contributed by atoms with E-state index in [-0.39, 0.29) is 11.8 Å². The molecule has 1 amide bonds. The second kappa shape index (κ2) is 4.42. The summed E-state index contributed by atoms with van der Waals surface area (Å²) in [7, 11) is 0. The number of hydrogen-bond acceptors (Lipinski definition) is 2. The van der Waals surface area contributed by atoms with Gasteiger partial charge in [-0.3, -0.25) is 4.79 Å². The highest BCUT2D eigenvalue weighted by Crippen LogP contribution is 2.27. The third-order valence-corrected chi connectivity index (χ3v) is 3.14. The molecule has 1 fully saturated rings. The average molecular weight is 226 g/mol. The predicted molar refractivity (Wildman–Crippen MR) is 66.6 cm³/mol. The van der Waals surface area contributed by atoms with Crippen molar-refractivity contribution in [3.8, 4) is 6.07 Å². The standard InChI is InChI=1S/C14H14N2O/c1-3-11-6-14(17)16(9-11)13-5-4-10(2)12(7-13)8-15/h3-5,7,11H,1,6,9H2,2H3. The molecule has 1 aliphatic rings. The number of anilines is 1. The Bertz CT molecular complexity index is 513. The van der Waals surface area contributed by atoms with Gasteiger partial charge in [-0.05, 0) is 24.6 Å². The summed E-state index contributed by atoms with van der Waals surface area (Å²) in [6, 6.07) is 7.68. The van der Waals surface area contributed by atoms with Gasteiger partial charge in [0.25, 0.3) is 0 Å². The van der Waals surface area contributed by atoms with Crippen LogP contribution in [-0.4, -0.2) is 12.5 Å². The van der Waals surface area contributed by atoms with E-state index in [9.17, 15) is 4.79 Å². The molecule has 0 aliphatic carbocycles. The zero-order valence-electron chi connectivity index (χ0n) is 9.81. The van der Waals surface area contributed by atoms with Crippen LogP contribution in [0, 0.1) is 24.2 Å². The van der Waals surface area contributed by atoms with Crippen LogP contribution in [-0.2, 0) is 4.79 Å². The minimum absolute atomic E-state index is 0.0997. The van der Waals surface area contributed by atoms with E-state index in [4.69, 9.17) is 5.26 Å². The predicted octanol–water partition coefficient (Wildman–Crippen LogP) is 2.41. The highest BCUT2D eigenvalue weighted by atomic mass is 16.2. The van der Waals surface area contributed by atoms with Gasteiger partial charge in [-0.15, -0.1) is 6.58 Å². The van der Waals surface area contributed by atoms with Gasteiger partial charge < -0.3 is 4.90 Å². The molecule has 1 aromatic rings. The molecule has 2 rings (SSSR count). The molecule has 0 bridgehead atoms. The number of carbonyl (C=O) groups excluding carboxylic acids is 1. The lowest BCUT2D eigenvalue weighted by molar-refractivity contribution is -0.117. The Kier molecular flexibility index (Phi) is 2.97. The number of amides is 1. The third-order valence-electron chi connectivity index (χ3n) is 3.14. The summed E-state index contributed by atoms with van der Waals surface area (Å²) in [6.07, 6.45) is 2.33. The molecule has 1 saturated heterocycles. The van der Waals surface area contributed by atoms with Crippen LogP contribution < -0.4 is 4.90 Å². The first kappa shape index (κ1) is 11.4. The monoisotopic (exact) mass is 226 g/mol. The average Bonchev–Trinajstić information content (AvgIpc) is 2.71. The Balaban J connectivity index is 2.33. The lowest BCUT2D eigenvalue weighted by atomic mass is 10.1. The third kappa shape index (κ3) is 2.07. The molecule has 0 spiro atoms. The maximum atomic E-state index is 11.8. The maximum absolute atomic E-state index is 11.8. The van der Waals surface area contributed by atoms with E-state index in [1.807, 2.05) is 25.1 Å². The first-order valence-corrected chi connectivity index (χ1v) is 5.59. The van der Waals surface area contributed by atoms with Crippen molar-refractivity contribution in [2.24, 2.45) is 5.92 Å². The summed E-state index contributed by atoms with van der Waals surface area (Å²) < 4.78 is 0. The molecule has 86 valence electrons. The summed E-state index contributed by atoms with van der Waals surface area (Å²) in [4.78, 5) is 13.6. The SMILES string of the molecule is C=CC1CC(=O)N(c2ccc(C)c(C#N)c2)C1. The first-order chi connectivity index (χ1) is 8.15. The van der Waals surface area contributed by atoms with Crippen molar-refractivity contribution < 1.29 is 4.79 Å². The molecule has 17 heavy (non-hydrogen) atoms. The van der Waals surface area contributed by atoms with Gasteiger partial charge in [0, 0.05) is 24.6 Å².